The van der Waals surface area contributed by atoms with E-state index in [1.165, 1.54) is 32.1 Å². The van der Waals surface area contributed by atoms with Crippen LogP contribution in [0.1, 0.15) is 19.8 Å². The number of aromatic nitrogens is 1. The highest BCUT2D eigenvalue weighted by Crippen LogP contribution is 2.31. The number of nitrogens with zero attached hydrogens (tertiary/aromatic N) is 3. The van der Waals surface area contributed by atoms with Gasteiger partial charge in [0, 0.05) is 19.3 Å². The van der Waals surface area contributed by atoms with Gasteiger partial charge in [-0.25, -0.2) is 0 Å². The summed E-state index contributed by atoms with van der Waals surface area (Å²) < 4.78 is 0.625. The van der Waals surface area contributed by atoms with Crippen molar-refractivity contribution in [2.75, 3.05) is 31.5 Å². The van der Waals surface area contributed by atoms with Crippen molar-refractivity contribution in [2.45, 2.75) is 19.8 Å². The summed E-state index contributed by atoms with van der Waals surface area (Å²) in [5.74, 6) is 0.438. The molecule has 1 aliphatic rings. The van der Waals surface area contributed by atoms with Crippen molar-refractivity contribution >= 4 is 27.3 Å². The van der Waals surface area contributed by atoms with Crippen LogP contribution in [-0.4, -0.2) is 41.0 Å². The summed E-state index contributed by atoms with van der Waals surface area (Å²) in [6.45, 7) is 6.24. The average molecular weight is 343 g/mol. The van der Waals surface area contributed by atoms with Crippen LogP contribution in [0.15, 0.2) is 16.9 Å². The minimum absolute atomic E-state index is 0.00717. The molecule has 1 fully saturated rings. The van der Waals surface area contributed by atoms with E-state index in [4.69, 9.17) is 0 Å². The van der Waals surface area contributed by atoms with Crippen molar-refractivity contribution in [3.05, 3.63) is 27.0 Å². The molecule has 2 rings (SSSR count). The second kappa shape index (κ2) is 6.99. The van der Waals surface area contributed by atoms with Crippen LogP contribution in [0.4, 0.5) is 11.4 Å². The fraction of sp³-hybridized carbons (Fsp3) is 0.615. The van der Waals surface area contributed by atoms with Gasteiger partial charge in [-0.1, -0.05) is 6.92 Å². The van der Waals surface area contributed by atoms with E-state index in [0.29, 0.717) is 22.6 Å². The van der Waals surface area contributed by atoms with Gasteiger partial charge in [0.1, 0.15) is 11.9 Å². The molecule has 0 aromatic carbocycles. The van der Waals surface area contributed by atoms with Crippen molar-refractivity contribution in [3.63, 3.8) is 0 Å². The van der Waals surface area contributed by atoms with Gasteiger partial charge in [0.25, 0.3) is 0 Å². The van der Waals surface area contributed by atoms with Gasteiger partial charge in [0.05, 0.1) is 9.40 Å². The molecule has 7 heteroatoms. The normalized spacial score (nSPS) is 17.1. The van der Waals surface area contributed by atoms with Gasteiger partial charge in [0.15, 0.2) is 0 Å². The summed E-state index contributed by atoms with van der Waals surface area (Å²) in [6, 6.07) is 0. The maximum Gasteiger partial charge on any atom is 0.311 e. The standard InChI is InChI=1S/C13H19BrN4O2/c1-10(9-17-4-2-3-5-17)6-16-13-11(14)7-15-8-12(13)18(19)20/h7-8,10H,2-6,9H2,1H3,(H,15,16). The molecule has 0 bridgehead atoms. The second-order valence-corrected chi connectivity index (χ2v) is 6.12. The van der Waals surface area contributed by atoms with Crippen molar-refractivity contribution in [1.29, 1.82) is 0 Å². The van der Waals surface area contributed by atoms with Gasteiger partial charge in [-0.2, -0.15) is 0 Å². The first-order valence-corrected chi connectivity index (χ1v) is 7.61. The molecule has 1 unspecified atom stereocenters. The van der Waals surface area contributed by atoms with Gasteiger partial charge >= 0.3 is 5.69 Å². The van der Waals surface area contributed by atoms with Crippen LogP contribution in [0.2, 0.25) is 0 Å². The Morgan fingerprint density at radius 3 is 2.85 bits per heavy atom. The number of rotatable bonds is 6. The third kappa shape index (κ3) is 3.89. The molecule has 1 aromatic heterocycles. The molecule has 1 N–H and O–H groups in total. The van der Waals surface area contributed by atoms with Crippen molar-refractivity contribution in [3.8, 4) is 0 Å². The highest BCUT2D eigenvalue weighted by atomic mass is 79.9. The fourth-order valence-electron chi connectivity index (χ4n) is 2.48. The SMILES string of the molecule is CC(CNc1c(Br)cncc1[N+](=O)[O-])CN1CCCC1. The first kappa shape index (κ1) is 15.2. The van der Waals surface area contributed by atoms with E-state index in [0.717, 1.165) is 6.54 Å². The van der Waals surface area contributed by atoms with E-state index in [-0.39, 0.29) is 5.69 Å². The van der Waals surface area contributed by atoms with Crippen LogP contribution in [-0.2, 0) is 0 Å². The zero-order chi connectivity index (χ0) is 14.5. The number of pyridine rings is 1. The third-order valence-corrected chi connectivity index (χ3v) is 4.07. The monoisotopic (exact) mass is 342 g/mol. The van der Waals surface area contributed by atoms with Crippen molar-refractivity contribution in [2.24, 2.45) is 5.92 Å². The van der Waals surface area contributed by atoms with Crippen molar-refractivity contribution in [1.82, 2.24) is 9.88 Å². The molecule has 2 heterocycles. The molecule has 1 aliphatic heterocycles. The maximum atomic E-state index is 11.0. The molecule has 0 aliphatic carbocycles. The van der Waals surface area contributed by atoms with Crippen LogP contribution in [0, 0.1) is 16.0 Å². The predicted octanol–water partition coefficient (Wildman–Crippen LogP) is 2.90. The molecule has 110 valence electrons. The van der Waals surface area contributed by atoms with Crippen LogP contribution in [0.3, 0.4) is 0 Å². The highest BCUT2D eigenvalue weighted by Gasteiger charge is 2.19. The Kier molecular flexibility index (Phi) is 5.31. The number of hydrogen-bond acceptors (Lipinski definition) is 5. The molecule has 6 nitrogen and oxygen atoms in total. The third-order valence-electron chi connectivity index (χ3n) is 3.47. The topological polar surface area (TPSA) is 71.3 Å². The predicted molar refractivity (Wildman–Crippen MR) is 81.9 cm³/mol. The van der Waals surface area contributed by atoms with E-state index >= 15 is 0 Å². The maximum absolute atomic E-state index is 11.0. The Bertz CT molecular complexity index is 477. The molecule has 0 amide bonds. The Balaban J connectivity index is 1.94. The molecule has 0 saturated carbocycles. The molecule has 1 aromatic rings. The van der Waals surface area contributed by atoms with E-state index < -0.39 is 4.92 Å². The van der Waals surface area contributed by atoms with Gasteiger partial charge in [-0.15, -0.1) is 0 Å². The molecule has 0 spiro atoms. The van der Waals surface area contributed by atoms with E-state index in [1.807, 2.05) is 0 Å². The highest BCUT2D eigenvalue weighted by molar-refractivity contribution is 9.10. The summed E-state index contributed by atoms with van der Waals surface area (Å²) in [5.41, 5.74) is 0.519. The Labute approximate surface area is 126 Å². The van der Waals surface area contributed by atoms with Crippen molar-refractivity contribution < 1.29 is 4.92 Å². The zero-order valence-electron chi connectivity index (χ0n) is 11.5. The van der Waals surface area contributed by atoms with Crippen LogP contribution < -0.4 is 5.32 Å². The van der Waals surface area contributed by atoms with Gasteiger partial charge in [-0.05, 0) is 47.8 Å². The number of nitrogens with one attached hydrogen (secondary N) is 1. The Morgan fingerprint density at radius 2 is 2.20 bits per heavy atom. The second-order valence-electron chi connectivity index (χ2n) is 5.27. The minimum Gasteiger partial charge on any atom is -0.378 e. The average Bonchev–Trinajstić information content (AvgIpc) is 2.89. The van der Waals surface area contributed by atoms with E-state index in [2.05, 4.69) is 38.1 Å². The lowest BCUT2D eigenvalue weighted by atomic mass is 10.1. The number of likely N-dealkylation sites (tertiary alicyclic amines) is 1. The van der Waals surface area contributed by atoms with E-state index in [1.54, 1.807) is 6.20 Å². The number of halogens is 1. The Hall–Kier alpha value is -1.21. The molecule has 1 atom stereocenters. The molecular weight excluding hydrogens is 324 g/mol. The molecule has 0 radical (unpaired) electrons. The zero-order valence-corrected chi connectivity index (χ0v) is 13.1. The van der Waals surface area contributed by atoms with Crippen LogP contribution >= 0.6 is 15.9 Å². The molecular formula is C13H19BrN4O2. The smallest absolute Gasteiger partial charge is 0.311 e. The lowest BCUT2D eigenvalue weighted by Crippen LogP contribution is -2.29. The number of hydrogen-bond donors (Lipinski definition) is 1. The lowest BCUT2D eigenvalue weighted by molar-refractivity contribution is -0.384. The minimum atomic E-state index is -0.411. The van der Waals surface area contributed by atoms with Crippen LogP contribution in [0.5, 0.6) is 0 Å². The largest absolute Gasteiger partial charge is 0.378 e. The quantitative estimate of drug-likeness (QED) is 0.635. The lowest BCUT2D eigenvalue weighted by Gasteiger charge is -2.21. The number of nitro groups is 1. The summed E-state index contributed by atoms with van der Waals surface area (Å²) >= 11 is 3.31. The van der Waals surface area contributed by atoms with Gasteiger partial charge in [0.2, 0.25) is 0 Å². The summed E-state index contributed by atoms with van der Waals surface area (Å²) in [4.78, 5) is 16.9. The first-order chi connectivity index (χ1) is 9.58. The summed E-state index contributed by atoms with van der Waals surface area (Å²) in [6.07, 6.45) is 5.40. The summed E-state index contributed by atoms with van der Waals surface area (Å²) in [7, 11) is 0. The van der Waals surface area contributed by atoms with Crippen LogP contribution in [0.25, 0.3) is 0 Å². The summed E-state index contributed by atoms with van der Waals surface area (Å²) in [5, 5.41) is 14.2. The fourth-order valence-corrected chi connectivity index (χ4v) is 2.95. The van der Waals surface area contributed by atoms with E-state index in [9.17, 15) is 10.1 Å². The first-order valence-electron chi connectivity index (χ1n) is 6.82. The number of anilines is 1. The Morgan fingerprint density at radius 1 is 1.50 bits per heavy atom. The molecule has 20 heavy (non-hydrogen) atoms. The molecule has 1 saturated heterocycles. The van der Waals surface area contributed by atoms with Gasteiger partial charge < -0.3 is 10.2 Å². The van der Waals surface area contributed by atoms with Gasteiger partial charge in [-0.3, -0.25) is 15.1 Å².